The van der Waals surface area contributed by atoms with Crippen molar-refractivity contribution in [2.75, 3.05) is 26.2 Å². The Balaban J connectivity index is 1.79. The second kappa shape index (κ2) is 9.01. The van der Waals surface area contributed by atoms with Crippen LogP contribution in [-0.2, 0) is 9.47 Å². The number of hydrogen-bond donors (Lipinski definition) is 0. The zero-order valence-corrected chi connectivity index (χ0v) is 17.4. The molecule has 1 aliphatic heterocycles. The Morgan fingerprint density at radius 3 is 2.52 bits per heavy atom. The lowest BCUT2D eigenvalue weighted by molar-refractivity contribution is -0.198. The van der Waals surface area contributed by atoms with Gasteiger partial charge in [-0.1, -0.05) is 40.7 Å². The van der Waals surface area contributed by atoms with Crippen LogP contribution in [-0.4, -0.2) is 43.0 Å². The van der Waals surface area contributed by atoms with E-state index in [4.69, 9.17) is 9.47 Å². The van der Waals surface area contributed by atoms with Crippen LogP contribution in [0.4, 0.5) is 0 Å². The highest BCUT2D eigenvalue weighted by Crippen LogP contribution is 2.48. The fraction of sp³-hybridized carbons (Fsp3) is 0.909. The summed E-state index contributed by atoms with van der Waals surface area (Å²) >= 11 is 0. The van der Waals surface area contributed by atoms with Crippen LogP contribution in [0.2, 0.25) is 0 Å². The number of ether oxygens (including phenoxy) is 2. The summed E-state index contributed by atoms with van der Waals surface area (Å²) in [4.78, 5) is 2.41. The van der Waals surface area contributed by atoms with Crippen molar-refractivity contribution < 1.29 is 9.47 Å². The van der Waals surface area contributed by atoms with Gasteiger partial charge < -0.3 is 9.47 Å². The highest BCUT2D eigenvalue weighted by molar-refractivity contribution is 4.90. The third kappa shape index (κ3) is 5.80. The molecule has 0 N–H and O–H groups in total. The second-order valence-electron chi connectivity index (χ2n) is 9.29. The Morgan fingerprint density at radius 2 is 1.96 bits per heavy atom. The molecule has 0 radical (unpaired) electrons. The van der Waals surface area contributed by atoms with E-state index in [-0.39, 0.29) is 11.9 Å². The summed E-state index contributed by atoms with van der Waals surface area (Å²) in [6, 6.07) is 0. The summed E-state index contributed by atoms with van der Waals surface area (Å²) < 4.78 is 12.6. The minimum Gasteiger partial charge on any atom is -0.347 e. The first-order valence-electron chi connectivity index (χ1n) is 10.5. The maximum Gasteiger partial charge on any atom is 0.168 e. The first-order valence-corrected chi connectivity index (χ1v) is 10.5. The first kappa shape index (κ1) is 20.9. The minimum atomic E-state index is -0.273. The van der Waals surface area contributed by atoms with Crippen LogP contribution in [0.1, 0.15) is 73.1 Å². The van der Waals surface area contributed by atoms with Crippen molar-refractivity contribution in [3.05, 3.63) is 12.7 Å². The van der Waals surface area contributed by atoms with E-state index < -0.39 is 0 Å². The van der Waals surface area contributed by atoms with E-state index in [0.29, 0.717) is 5.41 Å². The first-order chi connectivity index (χ1) is 11.8. The Morgan fingerprint density at radius 1 is 1.28 bits per heavy atom. The monoisotopic (exact) mass is 351 g/mol. The molecule has 1 saturated heterocycles. The Hall–Kier alpha value is -0.380. The average Bonchev–Trinajstić information content (AvgIpc) is 2.93. The molecule has 1 atom stereocenters. The molecule has 0 aromatic rings. The van der Waals surface area contributed by atoms with Gasteiger partial charge >= 0.3 is 0 Å². The van der Waals surface area contributed by atoms with Crippen LogP contribution in [0.5, 0.6) is 0 Å². The normalized spacial score (nSPS) is 30.5. The molecule has 1 heterocycles. The molecule has 3 nitrogen and oxygen atoms in total. The van der Waals surface area contributed by atoms with Gasteiger partial charge in [0.1, 0.15) is 0 Å². The molecule has 1 saturated carbocycles. The highest BCUT2D eigenvalue weighted by Gasteiger charge is 2.46. The zero-order valence-electron chi connectivity index (χ0n) is 17.4. The maximum absolute atomic E-state index is 6.43. The van der Waals surface area contributed by atoms with E-state index in [0.717, 1.165) is 57.3 Å². The third-order valence-electron chi connectivity index (χ3n) is 6.30. The molecule has 2 aliphatic rings. The predicted octanol–water partition coefficient (Wildman–Crippen LogP) is 5.26. The lowest BCUT2D eigenvalue weighted by atomic mass is 9.66. The van der Waals surface area contributed by atoms with Crippen molar-refractivity contribution in [1.82, 2.24) is 4.90 Å². The van der Waals surface area contributed by atoms with Crippen molar-refractivity contribution in [2.24, 2.45) is 17.3 Å². The van der Waals surface area contributed by atoms with Gasteiger partial charge in [0.15, 0.2) is 5.79 Å². The molecular weight excluding hydrogens is 310 g/mol. The van der Waals surface area contributed by atoms with E-state index in [9.17, 15) is 0 Å². The summed E-state index contributed by atoms with van der Waals surface area (Å²) in [5.41, 5.74) is 0.431. The van der Waals surface area contributed by atoms with Crippen LogP contribution in [0.3, 0.4) is 0 Å². The standard InChI is InChI=1S/C22H41NO2/c1-7-14-23(8-2)15-11-20-17-24-22(25-20)12-9-19(10-13-22)21(5,6)16-18(3)4/h7,18-20H,1,8-17H2,2-6H3. The topological polar surface area (TPSA) is 21.7 Å². The van der Waals surface area contributed by atoms with Gasteiger partial charge in [-0.15, -0.1) is 6.58 Å². The van der Waals surface area contributed by atoms with Crippen LogP contribution >= 0.6 is 0 Å². The molecule has 0 amide bonds. The van der Waals surface area contributed by atoms with Crippen LogP contribution < -0.4 is 0 Å². The summed E-state index contributed by atoms with van der Waals surface area (Å²) in [5.74, 6) is 1.30. The van der Waals surface area contributed by atoms with Gasteiger partial charge in [0.05, 0.1) is 12.7 Å². The molecule has 2 fully saturated rings. The molecule has 0 aromatic heterocycles. The largest absolute Gasteiger partial charge is 0.347 e. The number of nitrogens with zero attached hydrogens (tertiary/aromatic N) is 1. The van der Waals surface area contributed by atoms with Crippen molar-refractivity contribution in [2.45, 2.75) is 85.0 Å². The minimum absolute atomic E-state index is 0.263. The van der Waals surface area contributed by atoms with E-state index in [1.807, 2.05) is 6.08 Å². The molecular formula is C22H41NO2. The average molecular weight is 352 g/mol. The summed E-state index contributed by atoms with van der Waals surface area (Å²) in [6.07, 6.45) is 9.24. The van der Waals surface area contributed by atoms with Gasteiger partial charge in [0.25, 0.3) is 0 Å². The molecule has 0 bridgehead atoms. The molecule has 0 aromatic carbocycles. The van der Waals surface area contributed by atoms with Gasteiger partial charge in [0, 0.05) is 25.9 Å². The van der Waals surface area contributed by atoms with Crippen LogP contribution in [0, 0.1) is 17.3 Å². The number of rotatable bonds is 9. The van der Waals surface area contributed by atoms with E-state index in [2.05, 4.69) is 46.1 Å². The van der Waals surface area contributed by atoms with E-state index in [1.54, 1.807) is 0 Å². The fourth-order valence-electron chi connectivity index (χ4n) is 4.97. The number of hydrogen-bond acceptors (Lipinski definition) is 3. The maximum atomic E-state index is 6.43. The van der Waals surface area contributed by atoms with Gasteiger partial charge in [-0.05, 0) is 49.5 Å². The molecule has 25 heavy (non-hydrogen) atoms. The zero-order chi connectivity index (χ0) is 18.5. The Kier molecular flexibility index (Phi) is 7.54. The highest BCUT2D eigenvalue weighted by atomic mass is 16.7. The summed E-state index contributed by atoms with van der Waals surface area (Å²) in [5, 5.41) is 0. The van der Waals surface area contributed by atoms with Crippen molar-refractivity contribution in [1.29, 1.82) is 0 Å². The quantitative estimate of drug-likeness (QED) is 0.529. The van der Waals surface area contributed by atoms with E-state index in [1.165, 1.54) is 19.3 Å². The molecule has 2 rings (SSSR count). The van der Waals surface area contributed by atoms with Gasteiger partial charge in [-0.3, -0.25) is 4.90 Å². The van der Waals surface area contributed by atoms with Crippen LogP contribution in [0.25, 0.3) is 0 Å². The summed E-state index contributed by atoms with van der Waals surface area (Å²) in [7, 11) is 0. The van der Waals surface area contributed by atoms with Crippen LogP contribution in [0.15, 0.2) is 12.7 Å². The Labute approximate surface area is 156 Å². The molecule has 3 heteroatoms. The second-order valence-corrected chi connectivity index (χ2v) is 9.29. The summed E-state index contributed by atoms with van der Waals surface area (Å²) in [6.45, 7) is 19.5. The smallest absolute Gasteiger partial charge is 0.168 e. The van der Waals surface area contributed by atoms with Gasteiger partial charge in [-0.2, -0.15) is 0 Å². The fourth-order valence-corrected chi connectivity index (χ4v) is 4.97. The molecule has 1 spiro atoms. The predicted molar refractivity (Wildman–Crippen MR) is 106 cm³/mol. The van der Waals surface area contributed by atoms with Crippen molar-refractivity contribution in [3.63, 3.8) is 0 Å². The van der Waals surface area contributed by atoms with E-state index >= 15 is 0 Å². The number of likely N-dealkylation sites (N-methyl/N-ethyl adjacent to an activating group) is 1. The van der Waals surface area contributed by atoms with Crippen molar-refractivity contribution in [3.8, 4) is 0 Å². The lowest BCUT2D eigenvalue weighted by Crippen LogP contribution is -2.40. The third-order valence-corrected chi connectivity index (χ3v) is 6.30. The molecule has 1 unspecified atom stereocenters. The van der Waals surface area contributed by atoms with Crippen molar-refractivity contribution >= 4 is 0 Å². The molecule has 1 aliphatic carbocycles. The lowest BCUT2D eigenvalue weighted by Gasteiger charge is -2.43. The van der Waals surface area contributed by atoms with Gasteiger partial charge in [0.2, 0.25) is 0 Å². The Bertz CT molecular complexity index is 410. The SMILES string of the molecule is C=CCN(CC)CCC1COC2(CCC(C(C)(C)CC(C)C)CC2)O1. The van der Waals surface area contributed by atoms with Gasteiger partial charge in [-0.25, -0.2) is 0 Å². The molecule has 146 valence electrons.